The highest BCUT2D eigenvalue weighted by molar-refractivity contribution is 6.46. The molecule has 1 N–H and O–H groups in total. The highest BCUT2D eigenvalue weighted by Gasteiger charge is 2.46. The lowest BCUT2D eigenvalue weighted by Crippen LogP contribution is -2.29. The Balaban J connectivity index is 1.91. The third-order valence-electron chi connectivity index (χ3n) is 6.03. The van der Waals surface area contributed by atoms with Gasteiger partial charge in [0.15, 0.2) is 11.5 Å². The first-order chi connectivity index (χ1) is 16.9. The fraction of sp³-hybridized carbons (Fsp3) is 0.222. The van der Waals surface area contributed by atoms with E-state index < -0.39 is 17.7 Å². The Labute approximate surface area is 203 Å². The van der Waals surface area contributed by atoms with E-state index in [2.05, 4.69) is 4.98 Å². The summed E-state index contributed by atoms with van der Waals surface area (Å²) >= 11 is 0. The van der Waals surface area contributed by atoms with Gasteiger partial charge in [-0.05, 0) is 60.0 Å². The van der Waals surface area contributed by atoms with Gasteiger partial charge < -0.3 is 24.2 Å². The summed E-state index contributed by atoms with van der Waals surface area (Å²) in [5.74, 6) is -0.156. The van der Waals surface area contributed by atoms with Crippen LogP contribution in [0.2, 0.25) is 0 Å². The predicted molar refractivity (Wildman–Crippen MR) is 129 cm³/mol. The molecule has 8 nitrogen and oxygen atoms in total. The topological polar surface area (TPSA) is 98.2 Å². The van der Waals surface area contributed by atoms with Gasteiger partial charge >= 0.3 is 0 Å². The minimum Gasteiger partial charge on any atom is -0.507 e. The fourth-order valence-electron chi connectivity index (χ4n) is 4.27. The van der Waals surface area contributed by atoms with Crippen molar-refractivity contribution in [2.75, 3.05) is 21.3 Å². The van der Waals surface area contributed by atoms with Crippen LogP contribution in [0.15, 0.2) is 66.5 Å². The van der Waals surface area contributed by atoms with Crippen molar-refractivity contribution in [2.45, 2.75) is 19.5 Å². The van der Waals surface area contributed by atoms with E-state index in [1.165, 1.54) is 19.1 Å². The number of pyridine rings is 1. The van der Waals surface area contributed by atoms with E-state index in [4.69, 9.17) is 14.2 Å². The SMILES string of the molecule is COc1ccc(/C(O)=C2/C(=O)C(=O)N(Cc3cccnc3)C2c2ccc(OC)c(OC)c2)c(C)c1. The summed E-state index contributed by atoms with van der Waals surface area (Å²) in [6.45, 7) is 1.94. The number of aromatic nitrogens is 1. The average molecular weight is 475 g/mol. The summed E-state index contributed by atoms with van der Waals surface area (Å²) in [5, 5.41) is 11.4. The zero-order valence-electron chi connectivity index (χ0n) is 19.9. The molecule has 4 rings (SSSR count). The first kappa shape index (κ1) is 23.8. The molecule has 0 radical (unpaired) electrons. The normalized spacial score (nSPS) is 16.9. The molecular formula is C27H26N2O6. The number of likely N-dealkylation sites (tertiary alicyclic amines) is 1. The zero-order chi connectivity index (χ0) is 25.1. The molecule has 8 heteroatoms. The van der Waals surface area contributed by atoms with Gasteiger partial charge in [0, 0.05) is 24.5 Å². The van der Waals surface area contributed by atoms with Gasteiger partial charge in [-0.15, -0.1) is 0 Å². The second-order valence-corrected chi connectivity index (χ2v) is 8.08. The number of methoxy groups -OCH3 is 3. The number of Topliss-reactive ketones (excluding diaryl/α,β-unsaturated/α-hetero) is 1. The minimum absolute atomic E-state index is 0.000577. The maximum absolute atomic E-state index is 13.3. The Bertz CT molecular complexity index is 1300. The molecule has 1 saturated heterocycles. The monoisotopic (exact) mass is 474 g/mol. The van der Waals surface area contributed by atoms with Gasteiger partial charge in [0.1, 0.15) is 11.5 Å². The number of benzene rings is 2. The van der Waals surface area contributed by atoms with Crippen molar-refractivity contribution in [1.82, 2.24) is 9.88 Å². The van der Waals surface area contributed by atoms with Crippen molar-refractivity contribution >= 4 is 17.4 Å². The standard InChI is InChI=1S/C27H26N2O6/c1-16-12-19(33-2)8-9-20(16)25(30)23-24(18-7-10-21(34-3)22(13-18)35-4)29(27(32)26(23)31)15-17-6-5-11-28-14-17/h5-14,24,30H,15H2,1-4H3/b25-23-. The van der Waals surface area contributed by atoms with Crippen LogP contribution in [0, 0.1) is 6.92 Å². The number of aryl methyl sites for hydroxylation is 1. The smallest absolute Gasteiger partial charge is 0.295 e. The largest absolute Gasteiger partial charge is 0.507 e. The lowest BCUT2D eigenvalue weighted by Gasteiger charge is -2.26. The third-order valence-corrected chi connectivity index (χ3v) is 6.03. The van der Waals surface area contributed by atoms with Gasteiger partial charge in [-0.25, -0.2) is 0 Å². The molecule has 1 aliphatic heterocycles. The Morgan fingerprint density at radius 2 is 1.77 bits per heavy atom. The number of aliphatic hydroxyl groups is 1. The minimum atomic E-state index is -0.850. The van der Waals surface area contributed by atoms with Crippen LogP contribution >= 0.6 is 0 Å². The second-order valence-electron chi connectivity index (χ2n) is 8.08. The van der Waals surface area contributed by atoms with Crippen molar-refractivity contribution in [3.63, 3.8) is 0 Å². The van der Waals surface area contributed by atoms with Crippen molar-refractivity contribution in [3.8, 4) is 17.2 Å². The molecule has 0 saturated carbocycles. The Kier molecular flexibility index (Phi) is 6.73. The molecular weight excluding hydrogens is 448 g/mol. The number of carbonyl (C=O) groups excluding carboxylic acids is 2. The van der Waals surface area contributed by atoms with Gasteiger partial charge in [-0.3, -0.25) is 14.6 Å². The van der Waals surface area contributed by atoms with Crippen LogP contribution in [0.25, 0.3) is 5.76 Å². The third kappa shape index (κ3) is 4.42. The van der Waals surface area contributed by atoms with Gasteiger partial charge in [0.2, 0.25) is 0 Å². The number of amides is 1. The summed E-state index contributed by atoms with van der Waals surface area (Å²) < 4.78 is 16.1. The predicted octanol–water partition coefficient (Wildman–Crippen LogP) is 4.04. The molecule has 0 spiro atoms. The van der Waals surface area contributed by atoms with Gasteiger partial charge in [-0.1, -0.05) is 12.1 Å². The van der Waals surface area contributed by atoms with Crippen LogP contribution in [-0.2, 0) is 16.1 Å². The summed E-state index contributed by atoms with van der Waals surface area (Å²) in [6, 6.07) is 13.0. The highest BCUT2D eigenvalue weighted by Crippen LogP contribution is 2.43. The Morgan fingerprint density at radius 3 is 2.40 bits per heavy atom. The number of ether oxygens (including phenoxy) is 3. The summed E-state index contributed by atoms with van der Waals surface area (Å²) in [7, 11) is 4.59. The van der Waals surface area contributed by atoms with E-state index in [1.54, 1.807) is 68.9 Å². The van der Waals surface area contributed by atoms with Crippen LogP contribution in [0.1, 0.15) is 28.3 Å². The van der Waals surface area contributed by atoms with Crippen LogP contribution in [0.4, 0.5) is 0 Å². The molecule has 2 heterocycles. The Hall–Kier alpha value is -4.33. The number of nitrogens with zero attached hydrogens (tertiary/aromatic N) is 2. The summed E-state index contributed by atoms with van der Waals surface area (Å²) in [4.78, 5) is 32.1. The average Bonchev–Trinajstić information content (AvgIpc) is 3.13. The molecule has 0 bridgehead atoms. The van der Waals surface area contributed by atoms with E-state index >= 15 is 0 Å². The van der Waals surface area contributed by atoms with Crippen LogP contribution in [-0.4, -0.2) is 48.0 Å². The lowest BCUT2D eigenvalue weighted by atomic mass is 9.93. The summed E-state index contributed by atoms with van der Waals surface area (Å²) in [5.41, 5.74) is 2.49. The molecule has 180 valence electrons. The highest BCUT2D eigenvalue weighted by atomic mass is 16.5. The van der Waals surface area contributed by atoms with Crippen molar-refractivity contribution in [3.05, 3.63) is 88.8 Å². The number of rotatable bonds is 7. The van der Waals surface area contributed by atoms with Gasteiger partial charge in [-0.2, -0.15) is 0 Å². The molecule has 0 aliphatic carbocycles. The maximum atomic E-state index is 13.3. The summed E-state index contributed by atoms with van der Waals surface area (Å²) in [6.07, 6.45) is 3.27. The van der Waals surface area contributed by atoms with Gasteiger partial charge in [0.25, 0.3) is 11.7 Å². The molecule has 2 aromatic carbocycles. The van der Waals surface area contributed by atoms with E-state index in [-0.39, 0.29) is 17.9 Å². The lowest BCUT2D eigenvalue weighted by molar-refractivity contribution is -0.140. The van der Waals surface area contributed by atoms with E-state index in [9.17, 15) is 14.7 Å². The number of hydrogen-bond donors (Lipinski definition) is 1. The van der Waals surface area contributed by atoms with Crippen LogP contribution < -0.4 is 14.2 Å². The molecule has 1 aromatic heterocycles. The molecule has 1 unspecified atom stereocenters. The quantitative estimate of drug-likeness (QED) is 0.314. The molecule has 1 atom stereocenters. The molecule has 35 heavy (non-hydrogen) atoms. The van der Waals surface area contributed by atoms with E-state index in [0.717, 1.165) is 5.56 Å². The molecule has 1 aliphatic rings. The van der Waals surface area contributed by atoms with Crippen LogP contribution in [0.3, 0.4) is 0 Å². The Morgan fingerprint density at radius 1 is 1.00 bits per heavy atom. The van der Waals surface area contributed by atoms with Gasteiger partial charge in [0.05, 0.1) is 32.9 Å². The molecule has 1 fully saturated rings. The van der Waals surface area contributed by atoms with Crippen LogP contribution in [0.5, 0.6) is 17.2 Å². The molecule has 1 amide bonds. The van der Waals surface area contributed by atoms with E-state index in [1.807, 2.05) is 6.07 Å². The van der Waals surface area contributed by atoms with E-state index in [0.29, 0.717) is 33.9 Å². The number of carbonyl (C=O) groups is 2. The first-order valence-electron chi connectivity index (χ1n) is 10.9. The van der Waals surface area contributed by atoms with Crippen molar-refractivity contribution < 1.29 is 28.9 Å². The molecule has 3 aromatic rings. The zero-order valence-corrected chi connectivity index (χ0v) is 19.9. The maximum Gasteiger partial charge on any atom is 0.295 e. The van der Waals surface area contributed by atoms with Crippen molar-refractivity contribution in [1.29, 1.82) is 0 Å². The fourth-order valence-corrected chi connectivity index (χ4v) is 4.27. The first-order valence-corrected chi connectivity index (χ1v) is 10.9. The van der Waals surface area contributed by atoms with Crippen molar-refractivity contribution in [2.24, 2.45) is 0 Å². The number of ketones is 1. The second kappa shape index (κ2) is 9.89. The number of aliphatic hydroxyl groups excluding tert-OH is 1. The number of hydrogen-bond acceptors (Lipinski definition) is 7.